The van der Waals surface area contributed by atoms with E-state index in [4.69, 9.17) is 4.42 Å². The lowest BCUT2D eigenvalue weighted by atomic mass is 9.97. The normalized spacial score (nSPS) is 15.6. The molecule has 0 bridgehead atoms. The van der Waals surface area contributed by atoms with E-state index in [-0.39, 0.29) is 6.03 Å². The highest BCUT2D eigenvalue weighted by Gasteiger charge is 2.22. The smallest absolute Gasteiger partial charge is 0.315 e. The summed E-state index contributed by atoms with van der Waals surface area (Å²) < 4.78 is 5.81. The van der Waals surface area contributed by atoms with Crippen LogP contribution in [0.1, 0.15) is 12.8 Å². The molecule has 1 aliphatic heterocycles. The molecule has 2 aromatic rings. The molecule has 0 radical (unpaired) electrons. The van der Waals surface area contributed by atoms with Crippen LogP contribution in [0.5, 0.6) is 0 Å². The Bertz CT molecular complexity index is 641. The number of fused-ring (bicyclic) bond motifs is 1. The Labute approximate surface area is 135 Å². The number of carbonyl (C=O) groups is 1. The molecular formula is C17H22N4O2. The number of urea groups is 1. The first-order chi connectivity index (χ1) is 11.3. The maximum atomic E-state index is 11.5. The van der Waals surface area contributed by atoms with Crippen LogP contribution in [0.25, 0.3) is 11.1 Å². The lowest BCUT2D eigenvalue weighted by Gasteiger charge is -2.30. The Hall–Kier alpha value is -2.50. The molecule has 0 saturated carbocycles. The molecule has 2 N–H and O–H groups in total. The van der Waals surface area contributed by atoms with E-state index in [1.54, 1.807) is 6.08 Å². The zero-order chi connectivity index (χ0) is 16.1. The number of nitrogens with one attached hydrogen (secondary N) is 2. The molecule has 2 heterocycles. The molecule has 1 aromatic carbocycles. The summed E-state index contributed by atoms with van der Waals surface area (Å²) in [6.45, 7) is 6.55. The molecule has 1 aliphatic rings. The summed E-state index contributed by atoms with van der Waals surface area (Å²) in [5, 5.41) is 5.63. The van der Waals surface area contributed by atoms with Gasteiger partial charge in [-0.1, -0.05) is 18.2 Å². The number of carbonyl (C=O) groups excluding carboxylic acids is 1. The van der Waals surface area contributed by atoms with E-state index in [1.165, 1.54) is 0 Å². The topological polar surface area (TPSA) is 70.4 Å². The minimum Gasteiger partial charge on any atom is -0.423 e. The second-order valence-electron chi connectivity index (χ2n) is 5.77. The van der Waals surface area contributed by atoms with Crippen molar-refractivity contribution in [2.45, 2.75) is 12.8 Å². The van der Waals surface area contributed by atoms with Gasteiger partial charge in [0.15, 0.2) is 5.58 Å². The van der Waals surface area contributed by atoms with Gasteiger partial charge in [0.25, 0.3) is 6.01 Å². The van der Waals surface area contributed by atoms with E-state index in [0.29, 0.717) is 25.0 Å². The third kappa shape index (κ3) is 3.83. The zero-order valence-electron chi connectivity index (χ0n) is 13.1. The van der Waals surface area contributed by atoms with Crippen LogP contribution < -0.4 is 15.5 Å². The number of nitrogens with zero attached hydrogens (tertiary/aromatic N) is 2. The summed E-state index contributed by atoms with van der Waals surface area (Å²) in [6.07, 6.45) is 3.69. The standard InChI is InChI=1S/C17H22N4O2/c1-2-9-18-16(22)19-12-13-7-10-21(11-8-13)17-20-14-5-3-4-6-15(14)23-17/h2-6,13H,1,7-12H2,(H2,18,19,22). The fraction of sp³-hybridized carbons (Fsp3) is 0.412. The first-order valence-electron chi connectivity index (χ1n) is 7.99. The maximum Gasteiger partial charge on any atom is 0.315 e. The molecule has 3 rings (SSSR count). The SMILES string of the molecule is C=CCNC(=O)NCC1CCN(c2nc3ccccc3o2)CC1. The molecule has 2 amide bonds. The monoisotopic (exact) mass is 314 g/mol. The molecule has 23 heavy (non-hydrogen) atoms. The van der Waals surface area contributed by atoms with Crippen molar-refractivity contribution in [3.8, 4) is 0 Å². The van der Waals surface area contributed by atoms with Crippen LogP contribution in [0, 0.1) is 5.92 Å². The minimum absolute atomic E-state index is 0.133. The van der Waals surface area contributed by atoms with Gasteiger partial charge >= 0.3 is 6.03 Å². The fourth-order valence-electron chi connectivity index (χ4n) is 2.79. The molecule has 1 aromatic heterocycles. The third-order valence-electron chi connectivity index (χ3n) is 4.13. The molecule has 6 heteroatoms. The fourth-order valence-corrected chi connectivity index (χ4v) is 2.79. The Morgan fingerprint density at radius 1 is 1.35 bits per heavy atom. The third-order valence-corrected chi connectivity index (χ3v) is 4.13. The first kappa shape index (κ1) is 15.4. The Kier molecular flexibility index (Phi) is 4.80. The molecule has 1 fully saturated rings. The van der Waals surface area contributed by atoms with Gasteiger partial charge in [0.05, 0.1) is 0 Å². The highest BCUT2D eigenvalue weighted by molar-refractivity contribution is 5.74. The van der Waals surface area contributed by atoms with Crippen LogP contribution in [0.4, 0.5) is 10.8 Å². The van der Waals surface area contributed by atoms with Crippen molar-refractivity contribution < 1.29 is 9.21 Å². The van der Waals surface area contributed by atoms with Crippen molar-refractivity contribution in [3.05, 3.63) is 36.9 Å². The van der Waals surface area contributed by atoms with Crippen molar-refractivity contribution in [2.24, 2.45) is 5.92 Å². The Morgan fingerprint density at radius 2 is 2.13 bits per heavy atom. The van der Waals surface area contributed by atoms with Gasteiger partial charge in [-0.15, -0.1) is 6.58 Å². The predicted molar refractivity (Wildman–Crippen MR) is 90.5 cm³/mol. The molecule has 0 aliphatic carbocycles. The molecular weight excluding hydrogens is 292 g/mol. The van der Waals surface area contributed by atoms with E-state index < -0.39 is 0 Å². The average molecular weight is 314 g/mol. The maximum absolute atomic E-state index is 11.5. The Morgan fingerprint density at radius 3 is 2.87 bits per heavy atom. The van der Waals surface area contributed by atoms with Crippen molar-refractivity contribution in [3.63, 3.8) is 0 Å². The zero-order valence-corrected chi connectivity index (χ0v) is 13.1. The molecule has 122 valence electrons. The van der Waals surface area contributed by atoms with Gasteiger partial charge < -0.3 is 20.0 Å². The van der Waals surface area contributed by atoms with E-state index in [9.17, 15) is 4.79 Å². The number of benzene rings is 1. The van der Waals surface area contributed by atoms with Crippen LogP contribution in [-0.2, 0) is 0 Å². The molecule has 1 saturated heterocycles. The molecule has 0 unspecified atom stereocenters. The number of oxazole rings is 1. The number of hydrogen-bond donors (Lipinski definition) is 2. The van der Waals surface area contributed by atoms with E-state index in [2.05, 4.69) is 27.1 Å². The molecule has 6 nitrogen and oxygen atoms in total. The summed E-state index contributed by atoms with van der Waals surface area (Å²) in [4.78, 5) is 18.2. The molecule has 0 spiro atoms. The van der Waals surface area contributed by atoms with Crippen LogP contribution in [-0.4, -0.2) is 37.2 Å². The lowest BCUT2D eigenvalue weighted by molar-refractivity contribution is 0.238. The predicted octanol–water partition coefficient (Wildman–Crippen LogP) is 2.53. The summed E-state index contributed by atoms with van der Waals surface area (Å²) >= 11 is 0. The van der Waals surface area contributed by atoms with Crippen molar-refractivity contribution in [2.75, 3.05) is 31.1 Å². The number of anilines is 1. The summed E-state index contributed by atoms with van der Waals surface area (Å²) in [7, 11) is 0. The summed E-state index contributed by atoms with van der Waals surface area (Å²) in [5.74, 6) is 0.491. The van der Waals surface area contributed by atoms with Gasteiger partial charge in [0, 0.05) is 26.2 Å². The highest BCUT2D eigenvalue weighted by Crippen LogP contribution is 2.25. The Balaban J connectivity index is 1.48. The number of piperidine rings is 1. The van der Waals surface area contributed by atoms with Crippen LogP contribution in [0.2, 0.25) is 0 Å². The van der Waals surface area contributed by atoms with Crippen molar-refractivity contribution >= 4 is 23.1 Å². The average Bonchev–Trinajstić information content (AvgIpc) is 3.02. The lowest BCUT2D eigenvalue weighted by Crippen LogP contribution is -2.42. The van der Waals surface area contributed by atoms with Crippen LogP contribution >= 0.6 is 0 Å². The van der Waals surface area contributed by atoms with Crippen LogP contribution in [0.3, 0.4) is 0 Å². The van der Waals surface area contributed by atoms with Crippen molar-refractivity contribution in [1.82, 2.24) is 15.6 Å². The van der Waals surface area contributed by atoms with Gasteiger partial charge in [0.1, 0.15) is 5.52 Å². The van der Waals surface area contributed by atoms with E-state index in [0.717, 1.165) is 37.0 Å². The van der Waals surface area contributed by atoms with Gasteiger partial charge in [-0.05, 0) is 30.9 Å². The number of para-hydroxylation sites is 2. The summed E-state index contributed by atoms with van der Waals surface area (Å²) in [6, 6.07) is 8.37. The quantitative estimate of drug-likeness (QED) is 0.832. The van der Waals surface area contributed by atoms with Gasteiger partial charge in [-0.2, -0.15) is 4.98 Å². The largest absolute Gasteiger partial charge is 0.423 e. The van der Waals surface area contributed by atoms with Crippen LogP contribution in [0.15, 0.2) is 41.3 Å². The second-order valence-corrected chi connectivity index (χ2v) is 5.77. The first-order valence-corrected chi connectivity index (χ1v) is 7.99. The molecule has 0 atom stereocenters. The minimum atomic E-state index is -0.133. The highest BCUT2D eigenvalue weighted by atomic mass is 16.4. The second kappa shape index (κ2) is 7.17. The van der Waals surface area contributed by atoms with Gasteiger partial charge in [-0.25, -0.2) is 4.79 Å². The number of amides is 2. The number of aromatic nitrogens is 1. The van der Waals surface area contributed by atoms with Gasteiger partial charge in [0.2, 0.25) is 0 Å². The van der Waals surface area contributed by atoms with Crippen molar-refractivity contribution in [1.29, 1.82) is 0 Å². The summed E-state index contributed by atoms with van der Waals surface area (Å²) in [5.41, 5.74) is 1.72. The van der Waals surface area contributed by atoms with E-state index >= 15 is 0 Å². The van der Waals surface area contributed by atoms with Gasteiger partial charge in [-0.3, -0.25) is 0 Å². The van der Waals surface area contributed by atoms with E-state index in [1.807, 2.05) is 24.3 Å². The number of hydrogen-bond acceptors (Lipinski definition) is 4. The number of rotatable bonds is 5.